The van der Waals surface area contributed by atoms with E-state index in [-0.39, 0.29) is 22.3 Å². The lowest BCUT2D eigenvalue weighted by molar-refractivity contribution is 0.357. The summed E-state index contributed by atoms with van der Waals surface area (Å²) in [4.78, 5) is 7.54. The molecule has 1 aromatic heterocycles. The minimum absolute atomic E-state index is 0.0903. The van der Waals surface area contributed by atoms with Gasteiger partial charge in [0.05, 0.1) is 19.8 Å². The second-order valence-corrected chi connectivity index (χ2v) is 4.28. The summed E-state index contributed by atoms with van der Waals surface area (Å²) in [5.74, 6) is -1.86. The first-order valence-electron chi connectivity index (χ1n) is 5.82. The third-order valence-corrected chi connectivity index (χ3v) is 2.89. The molecular weight excluding hydrogens is 302 g/mol. The van der Waals surface area contributed by atoms with E-state index in [4.69, 9.17) is 21.1 Å². The van der Waals surface area contributed by atoms with Gasteiger partial charge >= 0.3 is 0 Å². The fourth-order valence-electron chi connectivity index (χ4n) is 1.64. The molecule has 0 spiro atoms. The molecule has 2 aromatic rings. The first kappa shape index (κ1) is 15.2. The Labute approximate surface area is 125 Å². The number of halogens is 3. The molecule has 0 unspecified atom stereocenters. The number of benzene rings is 1. The molecule has 0 amide bonds. The fourth-order valence-corrected chi connectivity index (χ4v) is 1.74. The highest BCUT2D eigenvalue weighted by atomic mass is 35.5. The highest BCUT2D eigenvalue weighted by Crippen LogP contribution is 2.32. The van der Waals surface area contributed by atoms with Crippen molar-refractivity contribution in [1.29, 1.82) is 0 Å². The summed E-state index contributed by atoms with van der Waals surface area (Å²) >= 11 is 5.56. The van der Waals surface area contributed by atoms with Crippen molar-refractivity contribution in [2.24, 2.45) is 0 Å². The minimum Gasteiger partial charge on any atom is -0.494 e. The van der Waals surface area contributed by atoms with Crippen molar-refractivity contribution >= 4 is 23.8 Å². The van der Waals surface area contributed by atoms with E-state index in [1.807, 2.05) is 0 Å². The molecule has 1 aromatic carbocycles. The van der Waals surface area contributed by atoms with Crippen LogP contribution in [-0.2, 0) is 0 Å². The predicted octanol–water partition coefficient (Wildman–Crippen LogP) is 3.60. The molecule has 0 saturated heterocycles. The van der Waals surface area contributed by atoms with Gasteiger partial charge in [0.1, 0.15) is 0 Å². The van der Waals surface area contributed by atoms with Gasteiger partial charge < -0.3 is 9.47 Å². The Balaban J connectivity index is 2.45. The molecule has 0 fully saturated rings. The highest BCUT2D eigenvalue weighted by Gasteiger charge is 2.17. The predicted molar refractivity (Wildman–Crippen MR) is 75.4 cm³/mol. The van der Waals surface area contributed by atoms with Crippen LogP contribution < -0.4 is 9.47 Å². The number of nitrogens with zero attached hydrogens (tertiary/aromatic N) is 2. The van der Waals surface area contributed by atoms with Crippen molar-refractivity contribution in [3.8, 4) is 11.5 Å². The van der Waals surface area contributed by atoms with Gasteiger partial charge in [0.15, 0.2) is 23.1 Å². The molecule has 1 heterocycles. The molecule has 0 aliphatic heterocycles. The molecule has 0 aliphatic carbocycles. The van der Waals surface area contributed by atoms with E-state index in [1.54, 1.807) is 0 Å². The van der Waals surface area contributed by atoms with Crippen LogP contribution in [-0.4, -0.2) is 24.2 Å². The number of hydrogen-bond acceptors (Lipinski definition) is 4. The Kier molecular flexibility index (Phi) is 4.70. The van der Waals surface area contributed by atoms with E-state index in [0.29, 0.717) is 5.56 Å². The third kappa shape index (κ3) is 3.28. The summed E-state index contributed by atoms with van der Waals surface area (Å²) in [6, 6.07) is 1.15. The maximum atomic E-state index is 14.1. The van der Waals surface area contributed by atoms with Gasteiger partial charge in [-0.1, -0.05) is 6.08 Å². The van der Waals surface area contributed by atoms with Gasteiger partial charge in [0.25, 0.3) is 0 Å². The molecule has 0 saturated carbocycles. The monoisotopic (exact) mass is 312 g/mol. The normalized spacial score (nSPS) is 10.9. The summed E-state index contributed by atoms with van der Waals surface area (Å²) in [6.07, 6.45) is 5.57. The van der Waals surface area contributed by atoms with Gasteiger partial charge in [0, 0.05) is 24.0 Å². The topological polar surface area (TPSA) is 44.2 Å². The van der Waals surface area contributed by atoms with Crippen LogP contribution in [0.1, 0.15) is 11.1 Å². The molecule has 110 valence electrons. The summed E-state index contributed by atoms with van der Waals surface area (Å²) in [5.41, 5.74) is 0.265. The lowest BCUT2D eigenvalue weighted by Crippen LogP contribution is -1.98. The zero-order chi connectivity index (χ0) is 15.4. The second-order valence-electron chi connectivity index (χ2n) is 3.94. The lowest BCUT2D eigenvalue weighted by Gasteiger charge is -2.10. The van der Waals surface area contributed by atoms with Gasteiger partial charge in [-0.15, -0.1) is 0 Å². The lowest BCUT2D eigenvalue weighted by atomic mass is 10.1. The molecule has 7 heteroatoms. The van der Waals surface area contributed by atoms with E-state index < -0.39 is 11.6 Å². The van der Waals surface area contributed by atoms with Crippen LogP contribution in [0, 0.1) is 11.6 Å². The summed E-state index contributed by atoms with van der Waals surface area (Å²) in [7, 11) is 2.58. The maximum Gasteiger partial charge on any atom is 0.222 e. The van der Waals surface area contributed by atoms with Crippen LogP contribution in [0.3, 0.4) is 0 Å². The van der Waals surface area contributed by atoms with Crippen LogP contribution >= 0.6 is 11.6 Å². The van der Waals surface area contributed by atoms with Crippen molar-refractivity contribution < 1.29 is 18.3 Å². The van der Waals surface area contributed by atoms with Gasteiger partial charge in [-0.3, -0.25) is 0 Å². The van der Waals surface area contributed by atoms with E-state index in [0.717, 1.165) is 6.07 Å². The van der Waals surface area contributed by atoms with Gasteiger partial charge in [0.2, 0.25) is 5.28 Å². The van der Waals surface area contributed by atoms with Crippen molar-refractivity contribution in [3.63, 3.8) is 0 Å². The standard InChI is InChI=1S/C14H11ClF2N2O2/c1-20-10-5-11(21-2)13(17)9(12(10)16)4-3-8-6-18-14(15)19-7-8/h3-7H,1-2H3/b4-3+. The fraction of sp³-hybridized carbons (Fsp3) is 0.143. The van der Waals surface area contributed by atoms with Crippen molar-refractivity contribution in [2.75, 3.05) is 14.2 Å². The molecule has 0 aliphatic rings. The zero-order valence-electron chi connectivity index (χ0n) is 11.2. The number of hydrogen-bond donors (Lipinski definition) is 0. The average Bonchev–Trinajstić information content (AvgIpc) is 2.49. The second kappa shape index (κ2) is 6.49. The van der Waals surface area contributed by atoms with Crippen molar-refractivity contribution in [3.05, 3.63) is 46.5 Å². The SMILES string of the molecule is COc1cc(OC)c(F)c(/C=C/c2cnc(Cl)nc2)c1F. The van der Waals surface area contributed by atoms with Gasteiger partial charge in [-0.25, -0.2) is 18.7 Å². The molecule has 0 N–H and O–H groups in total. The molecule has 0 radical (unpaired) electrons. The quantitative estimate of drug-likeness (QED) is 0.809. The van der Waals surface area contributed by atoms with E-state index >= 15 is 0 Å². The van der Waals surface area contributed by atoms with Crippen molar-refractivity contribution in [1.82, 2.24) is 9.97 Å². The molecular formula is C14H11ClF2N2O2. The van der Waals surface area contributed by atoms with Crippen LogP contribution in [0.4, 0.5) is 8.78 Å². The highest BCUT2D eigenvalue weighted by molar-refractivity contribution is 6.28. The maximum absolute atomic E-state index is 14.1. The van der Waals surface area contributed by atoms with Gasteiger partial charge in [-0.2, -0.15) is 0 Å². The largest absolute Gasteiger partial charge is 0.494 e. The Bertz CT molecular complexity index is 647. The van der Waals surface area contributed by atoms with Crippen LogP contribution in [0.5, 0.6) is 11.5 Å². The van der Waals surface area contributed by atoms with E-state index in [1.165, 1.54) is 38.8 Å². The Morgan fingerprint density at radius 2 is 1.52 bits per heavy atom. The van der Waals surface area contributed by atoms with Crippen LogP contribution in [0.25, 0.3) is 12.2 Å². The first-order valence-corrected chi connectivity index (χ1v) is 6.20. The molecule has 4 nitrogen and oxygen atoms in total. The Morgan fingerprint density at radius 1 is 1.00 bits per heavy atom. The van der Waals surface area contributed by atoms with Crippen LogP contribution in [0.15, 0.2) is 18.5 Å². The third-order valence-electron chi connectivity index (χ3n) is 2.69. The number of aromatic nitrogens is 2. The number of methoxy groups -OCH3 is 2. The number of rotatable bonds is 4. The van der Waals surface area contributed by atoms with Crippen LogP contribution in [0.2, 0.25) is 5.28 Å². The van der Waals surface area contributed by atoms with Gasteiger partial charge in [-0.05, 0) is 17.7 Å². The smallest absolute Gasteiger partial charge is 0.222 e. The molecule has 2 rings (SSSR count). The summed E-state index contributed by atoms with van der Waals surface area (Å²) in [5, 5.41) is 0.0903. The summed E-state index contributed by atoms with van der Waals surface area (Å²) < 4.78 is 37.9. The Morgan fingerprint density at radius 3 is 2.00 bits per heavy atom. The molecule has 0 bridgehead atoms. The van der Waals surface area contributed by atoms with Crippen molar-refractivity contribution in [2.45, 2.75) is 0 Å². The summed E-state index contributed by atoms with van der Waals surface area (Å²) in [6.45, 7) is 0. The van der Waals surface area contributed by atoms with E-state index in [9.17, 15) is 8.78 Å². The number of ether oxygens (including phenoxy) is 2. The average molecular weight is 313 g/mol. The minimum atomic E-state index is -0.818. The van der Waals surface area contributed by atoms with E-state index in [2.05, 4.69) is 9.97 Å². The molecule has 0 atom stereocenters. The first-order chi connectivity index (χ1) is 10.1. The zero-order valence-corrected chi connectivity index (χ0v) is 12.0. The Hall–Kier alpha value is -2.21. The molecule has 21 heavy (non-hydrogen) atoms.